The molecule has 0 saturated heterocycles. The van der Waals surface area contributed by atoms with Crippen LogP contribution in [0.4, 0.5) is 0 Å². The van der Waals surface area contributed by atoms with Crippen LogP contribution in [0.1, 0.15) is 5.56 Å². The molecule has 0 aliphatic heterocycles. The van der Waals surface area contributed by atoms with Crippen LogP contribution in [0.25, 0.3) is 10.9 Å². The Kier molecular flexibility index (Phi) is 4.51. The van der Waals surface area contributed by atoms with E-state index in [0.717, 1.165) is 22.2 Å². The minimum Gasteiger partial charge on any atom is -0.493 e. The monoisotopic (exact) mass is 327 g/mol. The predicted octanol–water partition coefficient (Wildman–Crippen LogP) is 3.72. The van der Waals surface area contributed by atoms with Crippen molar-refractivity contribution in [3.8, 4) is 23.1 Å². The van der Waals surface area contributed by atoms with Crippen molar-refractivity contribution in [2.75, 3.05) is 28.4 Å². The second kappa shape index (κ2) is 6.74. The molecule has 1 heterocycles. The zero-order valence-electron chi connectivity index (χ0n) is 14.3. The third kappa shape index (κ3) is 2.62. The molecule has 3 rings (SSSR count). The lowest BCUT2D eigenvalue weighted by Crippen LogP contribution is -2.03. The van der Waals surface area contributed by atoms with E-state index in [1.54, 1.807) is 28.4 Å². The van der Waals surface area contributed by atoms with Crippen LogP contribution in [0.3, 0.4) is 0 Å². The molecular formula is C19H21NO4. The smallest absolute Gasteiger partial charge is 0.238 e. The highest BCUT2D eigenvalue weighted by Gasteiger charge is 2.19. The lowest BCUT2D eigenvalue weighted by atomic mass is 10.2. The van der Waals surface area contributed by atoms with Crippen LogP contribution >= 0.6 is 0 Å². The third-order valence-corrected chi connectivity index (χ3v) is 4.06. The Morgan fingerprint density at radius 3 is 2.21 bits per heavy atom. The van der Waals surface area contributed by atoms with Gasteiger partial charge in [-0.25, -0.2) is 0 Å². The molecule has 1 aromatic heterocycles. The first-order valence-electron chi connectivity index (χ1n) is 7.63. The second-order valence-corrected chi connectivity index (χ2v) is 5.34. The molecule has 0 unspecified atom stereocenters. The number of rotatable bonds is 6. The summed E-state index contributed by atoms with van der Waals surface area (Å²) in [5.74, 6) is 2.86. The molecule has 0 spiro atoms. The minimum absolute atomic E-state index is 0.632. The Balaban J connectivity index is 2.10. The molecule has 5 nitrogen and oxygen atoms in total. The Morgan fingerprint density at radius 1 is 0.792 bits per heavy atom. The molecule has 0 aliphatic carbocycles. The molecule has 0 amide bonds. The Labute approximate surface area is 141 Å². The van der Waals surface area contributed by atoms with E-state index < -0.39 is 0 Å². The van der Waals surface area contributed by atoms with Crippen LogP contribution in [-0.4, -0.2) is 33.0 Å². The fourth-order valence-corrected chi connectivity index (χ4v) is 2.97. The van der Waals surface area contributed by atoms with Crippen LogP contribution in [-0.2, 0) is 6.54 Å². The molecule has 5 heteroatoms. The number of benzene rings is 2. The maximum atomic E-state index is 5.61. The topological polar surface area (TPSA) is 41.9 Å². The predicted molar refractivity (Wildman–Crippen MR) is 93.7 cm³/mol. The highest BCUT2D eigenvalue weighted by molar-refractivity contribution is 5.90. The molecule has 0 fully saturated rings. The van der Waals surface area contributed by atoms with Crippen molar-refractivity contribution in [2.24, 2.45) is 0 Å². The van der Waals surface area contributed by atoms with Crippen molar-refractivity contribution in [1.82, 2.24) is 4.57 Å². The van der Waals surface area contributed by atoms with Gasteiger partial charge in [-0.2, -0.15) is 0 Å². The first kappa shape index (κ1) is 16.1. The average Bonchev–Trinajstić information content (AvgIpc) is 2.94. The summed E-state index contributed by atoms with van der Waals surface area (Å²) in [6.45, 7) is 0.632. The lowest BCUT2D eigenvalue weighted by Gasteiger charge is -2.13. The van der Waals surface area contributed by atoms with Gasteiger partial charge in [-0.05, 0) is 29.8 Å². The van der Waals surface area contributed by atoms with Crippen LogP contribution in [0.15, 0.2) is 42.5 Å². The zero-order valence-corrected chi connectivity index (χ0v) is 14.3. The Morgan fingerprint density at radius 2 is 1.54 bits per heavy atom. The summed E-state index contributed by atoms with van der Waals surface area (Å²) < 4.78 is 24.0. The molecule has 0 saturated carbocycles. The van der Waals surface area contributed by atoms with Gasteiger partial charge in [0, 0.05) is 5.39 Å². The van der Waals surface area contributed by atoms with Gasteiger partial charge in [-0.15, -0.1) is 0 Å². The molecule has 126 valence electrons. The van der Waals surface area contributed by atoms with E-state index >= 15 is 0 Å². The molecule has 0 aliphatic rings. The van der Waals surface area contributed by atoms with E-state index in [2.05, 4.69) is 10.6 Å². The van der Waals surface area contributed by atoms with Gasteiger partial charge in [-0.1, -0.05) is 18.2 Å². The number of aromatic nitrogens is 1. The standard InChI is InChI=1S/C19H21NO4/c1-21-16-10-9-13(11-17(16)22-2)12-20-15-8-6-5-7-14(15)18(23-3)19(20)24-4/h5-11H,12H2,1-4H3. The highest BCUT2D eigenvalue weighted by Crippen LogP contribution is 2.39. The van der Waals surface area contributed by atoms with Crippen molar-refractivity contribution in [3.05, 3.63) is 48.0 Å². The van der Waals surface area contributed by atoms with E-state index in [0.29, 0.717) is 23.9 Å². The van der Waals surface area contributed by atoms with Crippen molar-refractivity contribution >= 4 is 10.9 Å². The molecule has 3 aromatic rings. The lowest BCUT2D eigenvalue weighted by molar-refractivity contribution is 0.336. The van der Waals surface area contributed by atoms with E-state index in [4.69, 9.17) is 18.9 Å². The normalized spacial score (nSPS) is 10.7. The summed E-state index contributed by atoms with van der Waals surface area (Å²) in [4.78, 5) is 0. The molecule has 2 aromatic carbocycles. The summed E-state index contributed by atoms with van der Waals surface area (Å²) in [6, 6.07) is 14.0. The molecule has 0 radical (unpaired) electrons. The van der Waals surface area contributed by atoms with Crippen LogP contribution in [0.5, 0.6) is 23.1 Å². The van der Waals surface area contributed by atoms with Gasteiger partial charge in [0.15, 0.2) is 17.2 Å². The van der Waals surface area contributed by atoms with Gasteiger partial charge in [0.05, 0.1) is 40.5 Å². The SMILES string of the molecule is COc1ccc(Cn2c(OC)c(OC)c3ccccc32)cc1OC. The van der Waals surface area contributed by atoms with E-state index in [9.17, 15) is 0 Å². The van der Waals surface area contributed by atoms with Crippen molar-refractivity contribution < 1.29 is 18.9 Å². The number of methoxy groups -OCH3 is 4. The first-order chi connectivity index (χ1) is 11.7. The largest absolute Gasteiger partial charge is 0.493 e. The summed E-state index contributed by atoms with van der Waals surface area (Å²) in [7, 11) is 6.58. The van der Waals surface area contributed by atoms with Gasteiger partial charge in [0.2, 0.25) is 5.88 Å². The van der Waals surface area contributed by atoms with Crippen LogP contribution in [0.2, 0.25) is 0 Å². The minimum atomic E-state index is 0.632. The number of para-hydroxylation sites is 1. The fraction of sp³-hybridized carbons (Fsp3) is 0.263. The maximum absolute atomic E-state index is 5.61. The van der Waals surface area contributed by atoms with Crippen LogP contribution in [0, 0.1) is 0 Å². The Hall–Kier alpha value is -2.82. The third-order valence-electron chi connectivity index (χ3n) is 4.06. The van der Waals surface area contributed by atoms with Gasteiger partial charge in [0.25, 0.3) is 0 Å². The number of hydrogen-bond acceptors (Lipinski definition) is 4. The number of hydrogen-bond donors (Lipinski definition) is 0. The van der Waals surface area contributed by atoms with Crippen molar-refractivity contribution in [2.45, 2.75) is 6.54 Å². The molecule has 0 bridgehead atoms. The molecular weight excluding hydrogens is 306 g/mol. The highest BCUT2D eigenvalue weighted by atomic mass is 16.5. The molecule has 0 N–H and O–H groups in total. The van der Waals surface area contributed by atoms with E-state index in [1.165, 1.54) is 0 Å². The summed E-state index contributed by atoms with van der Waals surface area (Å²) in [5, 5.41) is 1.03. The van der Waals surface area contributed by atoms with E-state index in [-0.39, 0.29) is 0 Å². The Bertz CT molecular complexity index is 854. The first-order valence-corrected chi connectivity index (χ1v) is 7.63. The number of ether oxygens (including phenoxy) is 4. The van der Waals surface area contributed by atoms with E-state index in [1.807, 2.05) is 36.4 Å². The van der Waals surface area contributed by atoms with Crippen molar-refractivity contribution in [1.29, 1.82) is 0 Å². The van der Waals surface area contributed by atoms with Gasteiger partial charge >= 0.3 is 0 Å². The zero-order chi connectivity index (χ0) is 17.1. The molecule has 24 heavy (non-hydrogen) atoms. The van der Waals surface area contributed by atoms with Crippen molar-refractivity contribution in [3.63, 3.8) is 0 Å². The average molecular weight is 327 g/mol. The number of nitrogens with zero attached hydrogens (tertiary/aromatic N) is 1. The summed E-state index contributed by atoms with van der Waals surface area (Å²) in [6.07, 6.45) is 0. The number of fused-ring (bicyclic) bond motifs is 1. The van der Waals surface area contributed by atoms with Gasteiger partial charge in [0.1, 0.15) is 0 Å². The molecule has 0 atom stereocenters. The van der Waals surface area contributed by atoms with Crippen LogP contribution < -0.4 is 18.9 Å². The maximum Gasteiger partial charge on any atom is 0.238 e. The quantitative estimate of drug-likeness (QED) is 0.692. The second-order valence-electron chi connectivity index (χ2n) is 5.34. The van der Waals surface area contributed by atoms with Gasteiger partial charge in [-0.3, -0.25) is 0 Å². The van der Waals surface area contributed by atoms with Gasteiger partial charge < -0.3 is 23.5 Å². The summed E-state index contributed by atoms with van der Waals surface area (Å²) >= 11 is 0. The fourth-order valence-electron chi connectivity index (χ4n) is 2.97. The summed E-state index contributed by atoms with van der Waals surface area (Å²) in [5.41, 5.74) is 2.13.